The molecule has 0 N–H and O–H groups in total. The number of rotatable bonds is 5. The summed E-state index contributed by atoms with van der Waals surface area (Å²) >= 11 is 0. The van der Waals surface area contributed by atoms with Crippen LogP contribution in [0.1, 0.15) is 0 Å². The zero-order chi connectivity index (χ0) is 37.1. The maximum atomic E-state index is 15.8. The summed E-state index contributed by atoms with van der Waals surface area (Å²) in [7, 11) is -3.23. The molecule has 0 fully saturated rings. The van der Waals surface area contributed by atoms with Gasteiger partial charge in [-0.2, -0.15) is 4.39 Å². The van der Waals surface area contributed by atoms with E-state index in [1.807, 2.05) is 0 Å². The fourth-order valence-electron chi connectivity index (χ4n) is 5.79. The first-order valence-electron chi connectivity index (χ1n) is 13.6. The van der Waals surface area contributed by atoms with Gasteiger partial charge < -0.3 is 9.31 Å². The molecule has 0 radical (unpaired) electrons. The van der Waals surface area contributed by atoms with Gasteiger partial charge in [0.05, 0.1) is 32.4 Å². The Balaban J connectivity index is 1.59. The van der Waals surface area contributed by atoms with Crippen molar-refractivity contribution in [2.24, 2.45) is 0 Å². The van der Waals surface area contributed by atoms with E-state index >= 15 is 35.1 Å². The molecule has 7 aromatic rings. The van der Waals surface area contributed by atoms with Gasteiger partial charge in [0.15, 0.2) is 93.0 Å². The first kappa shape index (κ1) is 33.9. The molecule has 2 nitrogen and oxygen atoms in total. The molecule has 0 heterocycles. The molecular formula is C32H5BF16O2. The van der Waals surface area contributed by atoms with Crippen molar-refractivity contribution in [2.75, 3.05) is 0 Å². The van der Waals surface area contributed by atoms with Crippen molar-refractivity contribution >= 4 is 55.7 Å². The molecule has 0 amide bonds. The standard InChI is InChI=1S/C32H5BF16O2/c34-7-4-5-8(35)19(37)17(7)33(50-9-3-1-2-6-10(9)20(38)30(48)28(46)18(6)36)51-32-16-12-11-13(21(39)22(40)15(12)26(44)31(32)49)24(42)29(47)25(43)14(11)23(41)27(16)45/h1-5H. The predicted octanol–water partition coefficient (Wildman–Crippen LogP) is 9.82. The number of hydrogen-bond acceptors (Lipinski definition) is 2. The molecule has 0 aromatic heterocycles. The fourth-order valence-corrected chi connectivity index (χ4v) is 5.79. The normalized spacial score (nSPS) is 11.9. The number of halogens is 16. The molecule has 0 unspecified atom stereocenters. The van der Waals surface area contributed by atoms with E-state index in [1.165, 1.54) is 0 Å². The molecule has 0 aliphatic carbocycles. The molecule has 0 aliphatic heterocycles. The molecule has 260 valence electrons. The van der Waals surface area contributed by atoms with E-state index in [9.17, 15) is 35.1 Å². The van der Waals surface area contributed by atoms with Crippen molar-refractivity contribution in [2.45, 2.75) is 0 Å². The van der Waals surface area contributed by atoms with Crippen molar-refractivity contribution in [1.29, 1.82) is 0 Å². The van der Waals surface area contributed by atoms with Crippen LogP contribution in [0.4, 0.5) is 70.2 Å². The van der Waals surface area contributed by atoms with E-state index in [1.54, 1.807) is 0 Å². The van der Waals surface area contributed by atoms with Crippen molar-refractivity contribution < 1.29 is 79.6 Å². The monoisotopic (exact) mass is 736 g/mol. The lowest BCUT2D eigenvalue weighted by molar-refractivity contribution is 0.399. The van der Waals surface area contributed by atoms with Crippen LogP contribution in [0.15, 0.2) is 30.3 Å². The Morgan fingerprint density at radius 2 is 0.765 bits per heavy atom. The quantitative estimate of drug-likeness (QED) is 0.0577. The third kappa shape index (κ3) is 4.48. The average Bonchev–Trinajstić information content (AvgIpc) is 3.10. The second kappa shape index (κ2) is 11.5. The molecule has 0 bridgehead atoms. The van der Waals surface area contributed by atoms with E-state index in [0.717, 1.165) is 6.07 Å². The average molecular weight is 736 g/mol. The highest BCUT2D eigenvalue weighted by molar-refractivity contribution is 6.63. The predicted molar refractivity (Wildman–Crippen MR) is 147 cm³/mol. The summed E-state index contributed by atoms with van der Waals surface area (Å²) in [6.45, 7) is 0. The SMILES string of the molecule is Fc1ccc(F)c(B(Oc2cccc3c(F)c(F)c(F)c(F)c23)Oc2c(F)c(F)c3c(F)c(F)c4c(F)c(F)c(F)c5c(F)c(F)c2c3c45)c1F. The Hall–Kier alpha value is -5.62. The van der Waals surface area contributed by atoms with Gasteiger partial charge in [0.2, 0.25) is 0 Å². The van der Waals surface area contributed by atoms with E-state index in [-0.39, 0.29) is 12.1 Å². The number of hydrogen-bond donors (Lipinski definition) is 0. The summed E-state index contributed by atoms with van der Waals surface area (Å²) in [4.78, 5) is 0. The third-order valence-electron chi connectivity index (χ3n) is 8.01. The largest absolute Gasteiger partial charge is 0.638 e. The summed E-state index contributed by atoms with van der Waals surface area (Å²) in [5.74, 6) is -41.7. The zero-order valence-corrected chi connectivity index (χ0v) is 23.8. The van der Waals surface area contributed by atoms with Crippen LogP contribution in [0.2, 0.25) is 0 Å². The van der Waals surface area contributed by atoms with Crippen molar-refractivity contribution in [3.05, 3.63) is 123 Å². The Kier molecular flexibility index (Phi) is 7.61. The van der Waals surface area contributed by atoms with Crippen LogP contribution in [-0.2, 0) is 0 Å². The second-order valence-corrected chi connectivity index (χ2v) is 10.7. The summed E-state index contributed by atoms with van der Waals surface area (Å²) < 4.78 is 249. The minimum atomic E-state index is -3.23. The van der Waals surface area contributed by atoms with Crippen molar-refractivity contribution in [1.82, 2.24) is 0 Å². The van der Waals surface area contributed by atoms with Crippen LogP contribution in [0, 0.1) is 93.1 Å². The molecule has 7 rings (SSSR count). The van der Waals surface area contributed by atoms with Gasteiger partial charge in [0.25, 0.3) is 0 Å². The maximum absolute atomic E-state index is 15.8. The van der Waals surface area contributed by atoms with Gasteiger partial charge >= 0.3 is 7.12 Å². The Labute approximate surface area is 270 Å². The van der Waals surface area contributed by atoms with Crippen LogP contribution < -0.4 is 14.8 Å². The number of benzene rings is 7. The van der Waals surface area contributed by atoms with Crippen LogP contribution >= 0.6 is 0 Å². The van der Waals surface area contributed by atoms with E-state index in [4.69, 9.17) is 9.31 Å². The Morgan fingerprint density at radius 1 is 0.333 bits per heavy atom. The van der Waals surface area contributed by atoms with Gasteiger partial charge in [-0.15, -0.1) is 0 Å². The van der Waals surface area contributed by atoms with Gasteiger partial charge in [0.1, 0.15) is 11.6 Å². The third-order valence-corrected chi connectivity index (χ3v) is 8.01. The highest BCUT2D eigenvalue weighted by Crippen LogP contribution is 2.48. The van der Waals surface area contributed by atoms with Gasteiger partial charge in [-0.1, -0.05) is 12.1 Å². The topological polar surface area (TPSA) is 18.5 Å². The first-order valence-corrected chi connectivity index (χ1v) is 13.6. The molecule has 0 spiro atoms. The van der Waals surface area contributed by atoms with E-state index in [2.05, 4.69) is 0 Å². The molecule has 51 heavy (non-hydrogen) atoms. The molecule has 0 saturated heterocycles. The lowest BCUT2D eigenvalue weighted by atomic mass is 9.77. The highest BCUT2D eigenvalue weighted by Gasteiger charge is 2.41. The zero-order valence-electron chi connectivity index (χ0n) is 23.8. The molecular weight excluding hydrogens is 731 g/mol. The lowest BCUT2D eigenvalue weighted by Crippen LogP contribution is -2.47. The first-order chi connectivity index (χ1) is 24.0. The van der Waals surface area contributed by atoms with Crippen LogP contribution in [0.5, 0.6) is 11.5 Å². The summed E-state index contributed by atoms with van der Waals surface area (Å²) in [6.07, 6.45) is 0. The maximum Gasteiger partial charge on any atom is 0.638 e. The Bertz CT molecular complexity index is 2660. The fraction of sp³-hybridized carbons (Fsp3) is 0. The summed E-state index contributed by atoms with van der Waals surface area (Å²) in [6, 6.07) is 2.31. The second-order valence-electron chi connectivity index (χ2n) is 10.7. The summed E-state index contributed by atoms with van der Waals surface area (Å²) in [5.41, 5.74) is -1.81. The molecule has 19 heteroatoms. The van der Waals surface area contributed by atoms with Crippen LogP contribution in [-0.4, -0.2) is 7.12 Å². The van der Waals surface area contributed by atoms with Gasteiger partial charge in [0, 0.05) is 16.2 Å². The Morgan fingerprint density at radius 3 is 1.35 bits per heavy atom. The van der Waals surface area contributed by atoms with Gasteiger partial charge in [-0.3, -0.25) is 0 Å². The molecule has 0 aliphatic rings. The van der Waals surface area contributed by atoms with Crippen LogP contribution in [0.25, 0.3) is 43.1 Å². The number of fused-ring (bicyclic) bond motifs is 1. The van der Waals surface area contributed by atoms with Crippen molar-refractivity contribution in [3.63, 3.8) is 0 Å². The van der Waals surface area contributed by atoms with Gasteiger partial charge in [-0.25, -0.2) is 65.9 Å². The highest BCUT2D eigenvalue weighted by atomic mass is 19.2. The smallest absolute Gasteiger partial charge is 0.521 e. The van der Waals surface area contributed by atoms with Gasteiger partial charge in [-0.05, 0) is 18.2 Å². The molecule has 7 aromatic carbocycles. The van der Waals surface area contributed by atoms with E-state index < -0.39 is 160 Å². The summed E-state index contributed by atoms with van der Waals surface area (Å²) in [5, 5.41) is -13.4. The van der Waals surface area contributed by atoms with E-state index in [0.29, 0.717) is 12.1 Å². The minimum absolute atomic E-state index is 0.168. The minimum Gasteiger partial charge on any atom is -0.521 e. The lowest BCUT2D eigenvalue weighted by Gasteiger charge is -2.23. The van der Waals surface area contributed by atoms with Crippen LogP contribution in [0.3, 0.4) is 0 Å². The molecule has 0 atom stereocenters. The van der Waals surface area contributed by atoms with Crippen molar-refractivity contribution in [3.8, 4) is 11.5 Å². The molecule has 0 saturated carbocycles.